The van der Waals surface area contributed by atoms with Crippen molar-refractivity contribution >= 4 is 35.0 Å². The minimum Gasteiger partial charge on any atom is -0.481 e. The van der Waals surface area contributed by atoms with Gasteiger partial charge in [0.25, 0.3) is 0 Å². The molecule has 5 heteroatoms. The molecule has 2 rings (SSSR count). The monoisotopic (exact) mass is 314 g/mol. The molecule has 0 amide bonds. The number of rotatable bonds is 4. The lowest BCUT2D eigenvalue weighted by atomic mass is 9.88. The second kappa shape index (κ2) is 6.15. The van der Waals surface area contributed by atoms with Crippen molar-refractivity contribution in [1.29, 1.82) is 0 Å². The molecule has 0 spiro atoms. The maximum atomic E-state index is 12.6. The van der Waals surface area contributed by atoms with Crippen LogP contribution in [0.15, 0.2) is 18.2 Å². The minimum atomic E-state index is -0.905. The van der Waals surface area contributed by atoms with Crippen LogP contribution in [0.3, 0.4) is 0 Å². The van der Waals surface area contributed by atoms with Crippen LogP contribution >= 0.6 is 23.2 Å². The van der Waals surface area contributed by atoms with Gasteiger partial charge in [-0.15, -0.1) is 0 Å². The van der Waals surface area contributed by atoms with Crippen LogP contribution in [0, 0.1) is 17.8 Å². The Bertz CT molecular complexity index is 542. The number of hydrogen-bond donors (Lipinski definition) is 1. The van der Waals surface area contributed by atoms with Crippen LogP contribution in [-0.2, 0) is 4.79 Å². The standard InChI is InChI=1S/C15H16Cl2O3/c1-2-8-5-10(11(6-8)15(19)20)14(18)12-7-9(16)3-4-13(12)17/h3-4,7-8,10-11H,2,5-6H2,1H3,(H,19,20). The maximum Gasteiger partial charge on any atom is 0.307 e. The van der Waals surface area contributed by atoms with Gasteiger partial charge >= 0.3 is 5.97 Å². The lowest BCUT2D eigenvalue weighted by molar-refractivity contribution is -0.142. The molecule has 0 aromatic heterocycles. The van der Waals surface area contributed by atoms with Crippen LogP contribution in [0.5, 0.6) is 0 Å². The van der Waals surface area contributed by atoms with Crippen molar-refractivity contribution in [3.8, 4) is 0 Å². The van der Waals surface area contributed by atoms with Gasteiger partial charge in [0.2, 0.25) is 0 Å². The van der Waals surface area contributed by atoms with Gasteiger partial charge in [-0.3, -0.25) is 9.59 Å². The smallest absolute Gasteiger partial charge is 0.307 e. The van der Waals surface area contributed by atoms with Crippen LogP contribution in [-0.4, -0.2) is 16.9 Å². The van der Waals surface area contributed by atoms with Crippen molar-refractivity contribution in [3.63, 3.8) is 0 Å². The molecular weight excluding hydrogens is 299 g/mol. The Kier molecular flexibility index (Phi) is 4.71. The van der Waals surface area contributed by atoms with E-state index in [2.05, 4.69) is 0 Å². The molecule has 3 unspecified atom stereocenters. The molecule has 1 aliphatic carbocycles. The van der Waals surface area contributed by atoms with E-state index in [0.717, 1.165) is 6.42 Å². The van der Waals surface area contributed by atoms with Crippen LogP contribution < -0.4 is 0 Å². The molecule has 1 saturated carbocycles. The van der Waals surface area contributed by atoms with Crippen LogP contribution in [0.2, 0.25) is 10.0 Å². The predicted octanol–water partition coefficient (Wildman–Crippen LogP) is 4.31. The zero-order valence-corrected chi connectivity index (χ0v) is 12.6. The highest BCUT2D eigenvalue weighted by atomic mass is 35.5. The number of carbonyl (C=O) groups excluding carboxylic acids is 1. The van der Waals surface area contributed by atoms with Gasteiger partial charge in [0.1, 0.15) is 0 Å². The second-order valence-corrected chi connectivity index (χ2v) is 6.13. The number of benzene rings is 1. The molecule has 0 radical (unpaired) electrons. The number of halogens is 2. The maximum absolute atomic E-state index is 12.6. The van der Waals surface area contributed by atoms with Gasteiger partial charge in [-0.1, -0.05) is 36.5 Å². The number of carboxylic acid groups (broad SMARTS) is 1. The fourth-order valence-electron chi connectivity index (χ4n) is 2.93. The van der Waals surface area contributed by atoms with Crippen LogP contribution in [0.4, 0.5) is 0 Å². The van der Waals surface area contributed by atoms with E-state index >= 15 is 0 Å². The van der Waals surface area contributed by atoms with Crippen molar-refractivity contribution in [1.82, 2.24) is 0 Å². The van der Waals surface area contributed by atoms with Crippen LogP contribution in [0.1, 0.15) is 36.5 Å². The summed E-state index contributed by atoms with van der Waals surface area (Å²) in [5.41, 5.74) is 0.326. The van der Waals surface area contributed by atoms with Crippen molar-refractivity contribution in [3.05, 3.63) is 33.8 Å². The third kappa shape index (κ3) is 2.99. The molecule has 1 N–H and O–H groups in total. The van der Waals surface area contributed by atoms with E-state index in [0.29, 0.717) is 28.5 Å². The van der Waals surface area contributed by atoms with Crippen molar-refractivity contribution in [2.75, 3.05) is 0 Å². The number of hydrogen-bond acceptors (Lipinski definition) is 2. The zero-order valence-electron chi connectivity index (χ0n) is 11.1. The zero-order chi connectivity index (χ0) is 14.9. The summed E-state index contributed by atoms with van der Waals surface area (Å²) in [6, 6.07) is 4.70. The Hall–Kier alpha value is -1.06. The molecular formula is C15H16Cl2O3. The van der Waals surface area contributed by atoms with Gasteiger partial charge in [-0.2, -0.15) is 0 Å². The van der Waals surface area contributed by atoms with E-state index in [1.807, 2.05) is 6.92 Å². The number of carbonyl (C=O) groups is 2. The summed E-state index contributed by atoms with van der Waals surface area (Å²) < 4.78 is 0. The molecule has 108 valence electrons. The summed E-state index contributed by atoms with van der Waals surface area (Å²) in [4.78, 5) is 23.9. The van der Waals surface area contributed by atoms with Gasteiger partial charge in [-0.25, -0.2) is 0 Å². The third-order valence-electron chi connectivity index (χ3n) is 4.09. The van der Waals surface area contributed by atoms with Gasteiger partial charge in [0.15, 0.2) is 5.78 Å². The molecule has 3 nitrogen and oxygen atoms in total. The highest BCUT2D eigenvalue weighted by Crippen LogP contribution is 2.41. The molecule has 0 heterocycles. The minimum absolute atomic E-state index is 0.208. The summed E-state index contributed by atoms with van der Waals surface area (Å²) in [5, 5.41) is 10.1. The van der Waals surface area contributed by atoms with Gasteiger partial charge in [-0.05, 0) is 37.0 Å². The average Bonchev–Trinajstić information content (AvgIpc) is 2.85. The Labute approximate surface area is 127 Å². The fourth-order valence-corrected chi connectivity index (χ4v) is 3.31. The van der Waals surface area contributed by atoms with Gasteiger partial charge in [0, 0.05) is 16.5 Å². The first-order valence-corrected chi connectivity index (χ1v) is 7.41. The average molecular weight is 315 g/mol. The van der Waals surface area contributed by atoms with E-state index in [9.17, 15) is 14.7 Å². The summed E-state index contributed by atoms with van der Waals surface area (Å²) in [6.07, 6.45) is 2.05. The number of carboxylic acids is 1. The molecule has 3 atom stereocenters. The largest absolute Gasteiger partial charge is 0.481 e. The van der Waals surface area contributed by atoms with Gasteiger partial charge < -0.3 is 5.11 Å². The van der Waals surface area contributed by atoms with Gasteiger partial charge in [0.05, 0.1) is 10.9 Å². The van der Waals surface area contributed by atoms with E-state index in [-0.39, 0.29) is 11.7 Å². The van der Waals surface area contributed by atoms with Crippen molar-refractivity contribution in [2.45, 2.75) is 26.2 Å². The first kappa shape index (κ1) is 15.3. The topological polar surface area (TPSA) is 54.4 Å². The number of aliphatic carboxylic acids is 1. The Morgan fingerprint density at radius 1 is 1.25 bits per heavy atom. The van der Waals surface area contributed by atoms with E-state index in [1.54, 1.807) is 12.1 Å². The highest BCUT2D eigenvalue weighted by molar-refractivity contribution is 6.36. The molecule has 1 aromatic rings. The first-order chi connectivity index (χ1) is 9.43. The number of ketones is 1. The second-order valence-electron chi connectivity index (χ2n) is 5.29. The lowest BCUT2D eigenvalue weighted by Crippen LogP contribution is -2.25. The molecule has 0 saturated heterocycles. The third-order valence-corrected chi connectivity index (χ3v) is 4.65. The van der Waals surface area contributed by atoms with E-state index in [4.69, 9.17) is 23.2 Å². The van der Waals surface area contributed by atoms with Crippen molar-refractivity contribution in [2.24, 2.45) is 17.8 Å². The van der Waals surface area contributed by atoms with E-state index in [1.165, 1.54) is 6.07 Å². The van der Waals surface area contributed by atoms with E-state index < -0.39 is 17.8 Å². The lowest BCUT2D eigenvalue weighted by Gasteiger charge is -2.15. The predicted molar refractivity (Wildman–Crippen MR) is 78.4 cm³/mol. The highest BCUT2D eigenvalue weighted by Gasteiger charge is 2.42. The Balaban J connectivity index is 2.31. The molecule has 0 bridgehead atoms. The van der Waals surface area contributed by atoms with Crippen LogP contribution in [0.25, 0.3) is 0 Å². The van der Waals surface area contributed by atoms with Crippen molar-refractivity contribution < 1.29 is 14.7 Å². The summed E-state index contributed by atoms with van der Waals surface area (Å²) >= 11 is 11.9. The normalized spacial score (nSPS) is 25.6. The summed E-state index contributed by atoms with van der Waals surface area (Å²) in [6.45, 7) is 2.02. The quantitative estimate of drug-likeness (QED) is 0.842. The molecule has 1 fully saturated rings. The molecule has 0 aliphatic heterocycles. The molecule has 20 heavy (non-hydrogen) atoms. The first-order valence-electron chi connectivity index (χ1n) is 6.66. The summed E-state index contributed by atoms with van der Waals surface area (Å²) in [7, 11) is 0. The SMILES string of the molecule is CCC1CC(C(=O)O)C(C(=O)c2cc(Cl)ccc2Cl)C1. The fraction of sp³-hybridized carbons (Fsp3) is 0.467. The Morgan fingerprint density at radius 3 is 2.50 bits per heavy atom. The summed E-state index contributed by atoms with van der Waals surface area (Å²) in [5.74, 6) is -1.96. The molecule has 1 aromatic carbocycles. The molecule has 1 aliphatic rings. The number of Topliss-reactive ketones (excluding diaryl/α,β-unsaturated/α-hetero) is 1. The Morgan fingerprint density at radius 2 is 1.90 bits per heavy atom.